The summed E-state index contributed by atoms with van der Waals surface area (Å²) >= 11 is 5.60. The van der Waals surface area contributed by atoms with Crippen LogP contribution >= 0.6 is 38.5 Å². The summed E-state index contributed by atoms with van der Waals surface area (Å²) in [6.45, 7) is 0.587. The summed E-state index contributed by atoms with van der Waals surface area (Å²) < 4.78 is 7.03. The van der Waals surface area contributed by atoms with Crippen molar-refractivity contribution >= 4 is 44.4 Å². The molecule has 0 saturated carbocycles. The largest absolute Gasteiger partial charge is 0.497 e. The number of halogens is 2. The van der Waals surface area contributed by atoms with Crippen molar-refractivity contribution in [1.82, 2.24) is 5.32 Å². The topological polar surface area (TPSA) is 38.3 Å². The van der Waals surface area contributed by atoms with Gasteiger partial charge in [0, 0.05) is 14.6 Å². The SMILES string of the molecule is COc1cccc(CCNC(=O)c2cc(I)ccc2Br)c1. The molecule has 0 atom stereocenters. The number of carbonyl (C=O) groups excluding carboxylic acids is 1. The summed E-state index contributed by atoms with van der Waals surface area (Å²) in [4.78, 5) is 12.2. The van der Waals surface area contributed by atoms with Gasteiger partial charge in [-0.3, -0.25) is 4.79 Å². The smallest absolute Gasteiger partial charge is 0.252 e. The molecule has 0 aliphatic carbocycles. The van der Waals surface area contributed by atoms with E-state index in [9.17, 15) is 4.79 Å². The van der Waals surface area contributed by atoms with Gasteiger partial charge in [0.2, 0.25) is 0 Å². The van der Waals surface area contributed by atoms with Crippen molar-refractivity contribution in [3.8, 4) is 5.75 Å². The molecule has 2 rings (SSSR count). The average Bonchev–Trinajstić information content (AvgIpc) is 2.49. The molecule has 0 saturated heterocycles. The summed E-state index contributed by atoms with van der Waals surface area (Å²) in [5.41, 5.74) is 1.80. The van der Waals surface area contributed by atoms with E-state index in [1.165, 1.54) is 0 Å². The van der Waals surface area contributed by atoms with Gasteiger partial charge in [0.25, 0.3) is 5.91 Å². The average molecular weight is 460 g/mol. The summed E-state index contributed by atoms with van der Waals surface area (Å²) in [6.07, 6.45) is 0.768. The third-order valence-electron chi connectivity index (χ3n) is 3.01. The third kappa shape index (κ3) is 4.71. The van der Waals surface area contributed by atoms with Crippen molar-refractivity contribution < 1.29 is 9.53 Å². The van der Waals surface area contributed by atoms with Crippen LogP contribution in [0.4, 0.5) is 0 Å². The molecule has 1 N–H and O–H groups in total. The van der Waals surface area contributed by atoms with Crippen molar-refractivity contribution in [2.75, 3.05) is 13.7 Å². The van der Waals surface area contributed by atoms with Crippen molar-refractivity contribution in [3.63, 3.8) is 0 Å². The van der Waals surface area contributed by atoms with Gasteiger partial charge in [-0.25, -0.2) is 0 Å². The van der Waals surface area contributed by atoms with Crippen LogP contribution in [0.1, 0.15) is 15.9 Å². The first-order valence-corrected chi connectivity index (χ1v) is 8.33. The van der Waals surface area contributed by atoms with Crippen molar-refractivity contribution in [2.24, 2.45) is 0 Å². The summed E-state index contributed by atoms with van der Waals surface area (Å²) in [5, 5.41) is 2.94. The quantitative estimate of drug-likeness (QED) is 0.685. The zero-order chi connectivity index (χ0) is 15.2. The summed E-state index contributed by atoms with van der Waals surface area (Å²) in [6, 6.07) is 13.6. The summed E-state index contributed by atoms with van der Waals surface area (Å²) in [7, 11) is 1.65. The van der Waals surface area contributed by atoms with Crippen molar-refractivity contribution in [2.45, 2.75) is 6.42 Å². The third-order valence-corrected chi connectivity index (χ3v) is 4.37. The van der Waals surface area contributed by atoms with Crippen LogP contribution in [0.25, 0.3) is 0 Å². The number of rotatable bonds is 5. The van der Waals surface area contributed by atoms with Crippen molar-refractivity contribution in [3.05, 3.63) is 61.6 Å². The van der Waals surface area contributed by atoms with E-state index in [0.29, 0.717) is 12.1 Å². The molecule has 0 radical (unpaired) electrons. The highest BCUT2D eigenvalue weighted by molar-refractivity contribution is 14.1. The minimum Gasteiger partial charge on any atom is -0.497 e. The number of hydrogen-bond donors (Lipinski definition) is 1. The second-order valence-corrected chi connectivity index (χ2v) is 6.58. The maximum atomic E-state index is 12.2. The van der Waals surface area contributed by atoms with E-state index in [1.54, 1.807) is 7.11 Å². The van der Waals surface area contributed by atoms with Crippen LogP contribution in [0.3, 0.4) is 0 Å². The maximum Gasteiger partial charge on any atom is 0.252 e. The van der Waals surface area contributed by atoms with E-state index < -0.39 is 0 Å². The molecule has 2 aromatic carbocycles. The highest BCUT2D eigenvalue weighted by Gasteiger charge is 2.09. The monoisotopic (exact) mass is 459 g/mol. The van der Waals surface area contributed by atoms with E-state index in [2.05, 4.69) is 43.8 Å². The molecule has 2 aromatic rings. The number of carbonyl (C=O) groups is 1. The second kappa shape index (κ2) is 7.79. The van der Waals surface area contributed by atoms with Gasteiger partial charge in [-0.1, -0.05) is 12.1 Å². The van der Waals surface area contributed by atoms with Gasteiger partial charge in [-0.05, 0) is 80.8 Å². The zero-order valence-corrected chi connectivity index (χ0v) is 15.3. The fourth-order valence-electron chi connectivity index (χ4n) is 1.92. The van der Waals surface area contributed by atoms with Crippen LogP contribution in [0.2, 0.25) is 0 Å². The molecular formula is C16H15BrINO2. The van der Waals surface area contributed by atoms with E-state index in [1.807, 2.05) is 42.5 Å². The Morgan fingerprint density at radius 3 is 2.86 bits per heavy atom. The first-order valence-electron chi connectivity index (χ1n) is 6.46. The Balaban J connectivity index is 1.93. The minimum absolute atomic E-state index is 0.0664. The molecule has 0 aromatic heterocycles. The van der Waals surface area contributed by atoms with Gasteiger partial charge >= 0.3 is 0 Å². The van der Waals surface area contributed by atoms with Crippen LogP contribution in [0.5, 0.6) is 5.75 Å². The molecule has 5 heteroatoms. The van der Waals surface area contributed by atoms with Crippen LogP contribution in [0, 0.1) is 3.57 Å². The van der Waals surface area contributed by atoms with E-state index >= 15 is 0 Å². The molecule has 3 nitrogen and oxygen atoms in total. The number of benzene rings is 2. The Kier molecular flexibility index (Phi) is 6.05. The Morgan fingerprint density at radius 2 is 2.10 bits per heavy atom. The Bertz CT molecular complexity index is 646. The molecule has 0 unspecified atom stereocenters. The highest BCUT2D eigenvalue weighted by Crippen LogP contribution is 2.19. The molecular weight excluding hydrogens is 445 g/mol. The molecule has 1 amide bonds. The van der Waals surface area contributed by atoms with Crippen LogP contribution in [-0.4, -0.2) is 19.6 Å². The normalized spacial score (nSPS) is 10.2. The van der Waals surface area contributed by atoms with Gasteiger partial charge in [0.15, 0.2) is 0 Å². The highest BCUT2D eigenvalue weighted by atomic mass is 127. The number of hydrogen-bond acceptors (Lipinski definition) is 2. The molecule has 0 spiro atoms. The van der Waals surface area contributed by atoms with Gasteiger partial charge in [0.1, 0.15) is 5.75 Å². The standard InChI is InChI=1S/C16H15BrINO2/c1-21-13-4-2-3-11(9-13)7-8-19-16(20)14-10-12(18)5-6-15(14)17/h2-6,9-10H,7-8H2,1H3,(H,19,20). The Labute approximate surface area is 146 Å². The van der Waals surface area contributed by atoms with E-state index in [0.717, 1.165) is 25.8 Å². The molecule has 21 heavy (non-hydrogen) atoms. The lowest BCUT2D eigenvalue weighted by atomic mass is 10.1. The molecule has 0 aliphatic heterocycles. The summed E-state index contributed by atoms with van der Waals surface area (Å²) in [5.74, 6) is 0.766. The van der Waals surface area contributed by atoms with Gasteiger partial charge in [-0.2, -0.15) is 0 Å². The number of amides is 1. The molecule has 0 fully saturated rings. The number of nitrogens with one attached hydrogen (secondary N) is 1. The molecule has 110 valence electrons. The lowest BCUT2D eigenvalue weighted by Gasteiger charge is -2.08. The molecule has 0 aliphatic rings. The minimum atomic E-state index is -0.0664. The fraction of sp³-hybridized carbons (Fsp3) is 0.188. The van der Waals surface area contributed by atoms with E-state index in [-0.39, 0.29) is 5.91 Å². The van der Waals surface area contributed by atoms with Crippen LogP contribution in [-0.2, 0) is 6.42 Å². The van der Waals surface area contributed by atoms with Crippen LogP contribution in [0.15, 0.2) is 46.9 Å². The van der Waals surface area contributed by atoms with Crippen LogP contribution < -0.4 is 10.1 Å². The van der Waals surface area contributed by atoms with E-state index in [4.69, 9.17) is 4.74 Å². The Morgan fingerprint density at radius 1 is 1.29 bits per heavy atom. The number of ether oxygens (including phenoxy) is 1. The maximum absolute atomic E-state index is 12.2. The lowest BCUT2D eigenvalue weighted by Crippen LogP contribution is -2.26. The second-order valence-electron chi connectivity index (χ2n) is 4.48. The molecule has 0 bridgehead atoms. The predicted octanol–water partition coefficient (Wildman–Crippen LogP) is 4.03. The first kappa shape index (κ1) is 16.3. The number of methoxy groups -OCH3 is 1. The zero-order valence-electron chi connectivity index (χ0n) is 11.5. The predicted molar refractivity (Wildman–Crippen MR) is 95.9 cm³/mol. The van der Waals surface area contributed by atoms with Gasteiger partial charge in [-0.15, -0.1) is 0 Å². The first-order chi connectivity index (χ1) is 10.1. The van der Waals surface area contributed by atoms with Crippen molar-refractivity contribution in [1.29, 1.82) is 0 Å². The van der Waals surface area contributed by atoms with Gasteiger partial charge < -0.3 is 10.1 Å². The Hall–Kier alpha value is -1.08. The van der Waals surface area contributed by atoms with Gasteiger partial charge in [0.05, 0.1) is 12.7 Å². The lowest BCUT2D eigenvalue weighted by molar-refractivity contribution is 0.0953. The molecule has 0 heterocycles. The fourth-order valence-corrected chi connectivity index (χ4v) is 2.83.